The predicted molar refractivity (Wildman–Crippen MR) is 87.3 cm³/mol. The van der Waals surface area contributed by atoms with E-state index in [9.17, 15) is 0 Å². The third-order valence-corrected chi connectivity index (χ3v) is 4.47. The minimum Gasteiger partial charge on any atom is -0.356 e. The number of nitrogens with zero attached hydrogens (tertiary/aromatic N) is 2. The Hall–Kier alpha value is -1.55. The molecule has 0 aromatic heterocycles. The first kappa shape index (κ1) is 14.4. The predicted octanol–water partition coefficient (Wildman–Crippen LogP) is 1.84. The van der Waals surface area contributed by atoms with E-state index in [0.29, 0.717) is 0 Å². The van der Waals surface area contributed by atoms with Gasteiger partial charge in [-0.05, 0) is 37.3 Å². The van der Waals surface area contributed by atoms with Gasteiger partial charge in [0.05, 0.1) is 0 Å². The Morgan fingerprint density at radius 3 is 2.71 bits per heavy atom. The second-order valence-electron chi connectivity index (χ2n) is 6.17. The van der Waals surface area contributed by atoms with Crippen molar-refractivity contribution in [2.24, 2.45) is 10.9 Å². The van der Waals surface area contributed by atoms with Gasteiger partial charge in [0, 0.05) is 32.7 Å². The number of nitrogens with one attached hydrogen (secondary N) is 2. The van der Waals surface area contributed by atoms with Gasteiger partial charge in [-0.25, -0.2) is 0 Å². The molecule has 21 heavy (non-hydrogen) atoms. The lowest BCUT2D eigenvalue weighted by atomic mass is 10.1. The lowest BCUT2D eigenvalue weighted by molar-refractivity contribution is 0.314. The van der Waals surface area contributed by atoms with Crippen molar-refractivity contribution in [1.82, 2.24) is 15.5 Å². The van der Waals surface area contributed by atoms with Crippen LogP contribution in [0.3, 0.4) is 0 Å². The molecule has 2 aliphatic rings. The monoisotopic (exact) mass is 286 g/mol. The fourth-order valence-electron chi connectivity index (χ4n) is 3.04. The van der Waals surface area contributed by atoms with Gasteiger partial charge in [-0.2, -0.15) is 0 Å². The maximum atomic E-state index is 4.31. The second kappa shape index (κ2) is 6.94. The Bertz CT molecular complexity index is 467. The normalized spacial score (nSPS) is 23.3. The van der Waals surface area contributed by atoms with Crippen LogP contribution in [-0.2, 0) is 6.54 Å². The minimum absolute atomic E-state index is 0.765. The number of hydrogen-bond acceptors (Lipinski definition) is 2. The number of hydrogen-bond donors (Lipinski definition) is 2. The van der Waals surface area contributed by atoms with Crippen LogP contribution < -0.4 is 10.6 Å². The average Bonchev–Trinajstić information content (AvgIpc) is 3.28. The summed E-state index contributed by atoms with van der Waals surface area (Å²) in [6.07, 6.45) is 4.15. The molecule has 1 saturated carbocycles. The Balaban J connectivity index is 1.39. The number of benzene rings is 1. The molecule has 3 rings (SSSR count). The fourth-order valence-corrected chi connectivity index (χ4v) is 3.04. The summed E-state index contributed by atoms with van der Waals surface area (Å²) < 4.78 is 0. The van der Waals surface area contributed by atoms with E-state index < -0.39 is 0 Å². The molecule has 2 fully saturated rings. The molecule has 4 heteroatoms. The largest absolute Gasteiger partial charge is 0.356 e. The molecule has 1 heterocycles. The van der Waals surface area contributed by atoms with Crippen molar-refractivity contribution in [3.05, 3.63) is 35.9 Å². The highest BCUT2D eigenvalue weighted by molar-refractivity contribution is 5.79. The molecule has 0 radical (unpaired) electrons. The van der Waals surface area contributed by atoms with E-state index in [0.717, 1.165) is 31.0 Å². The van der Waals surface area contributed by atoms with Gasteiger partial charge in [-0.1, -0.05) is 30.3 Å². The molecular weight excluding hydrogens is 260 g/mol. The van der Waals surface area contributed by atoms with E-state index in [-0.39, 0.29) is 0 Å². The van der Waals surface area contributed by atoms with Crippen molar-refractivity contribution < 1.29 is 0 Å². The van der Waals surface area contributed by atoms with E-state index in [2.05, 4.69) is 44.8 Å². The van der Waals surface area contributed by atoms with Crippen LogP contribution in [0.5, 0.6) is 0 Å². The summed E-state index contributed by atoms with van der Waals surface area (Å²) in [5.74, 6) is 1.67. The van der Waals surface area contributed by atoms with Crippen LogP contribution in [0, 0.1) is 5.92 Å². The van der Waals surface area contributed by atoms with Crippen molar-refractivity contribution in [1.29, 1.82) is 0 Å². The van der Waals surface area contributed by atoms with Crippen LogP contribution in [0.1, 0.15) is 24.8 Å². The summed E-state index contributed by atoms with van der Waals surface area (Å²) in [4.78, 5) is 6.97. The molecule has 1 aromatic carbocycles. The molecular formula is C17H26N4. The van der Waals surface area contributed by atoms with Crippen LogP contribution in [0.4, 0.5) is 0 Å². The molecule has 0 spiro atoms. The lowest BCUT2D eigenvalue weighted by Gasteiger charge is -2.17. The van der Waals surface area contributed by atoms with Crippen molar-refractivity contribution in [2.45, 2.75) is 31.8 Å². The fraction of sp³-hybridized carbons (Fsp3) is 0.588. The molecule has 1 aliphatic carbocycles. The molecule has 1 atom stereocenters. The Kier molecular flexibility index (Phi) is 4.76. The molecule has 2 N–H and O–H groups in total. The van der Waals surface area contributed by atoms with Crippen LogP contribution in [-0.4, -0.2) is 43.6 Å². The number of likely N-dealkylation sites (tertiary alicyclic amines) is 1. The van der Waals surface area contributed by atoms with Gasteiger partial charge in [0.1, 0.15) is 0 Å². The smallest absolute Gasteiger partial charge is 0.191 e. The van der Waals surface area contributed by atoms with Gasteiger partial charge in [-0.3, -0.25) is 4.99 Å². The molecule has 4 nitrogen and oxygen atoms in total. The first-order chi connectivity index (χ1) is 10.3. The standard InChI is InChI=1S/C17H26N4/c1-18-17(19-11-14-5-3-2-4-6-14)20-12-15-9-10-21(13-15)16-7-8-16/h2-6,15-16H,7-13H2,1H3,(H2,18,19,20). The summed E-state index contributed by atoms with van der Waals surface area (Å²) in [5.41, 5.74) is 1.28. The van der Waals surface area contributed by atoms with E-state index in [1.165, 1.54) is 37.9 Å². The van der Waals surface area contributed by atoms with Crippen LogP contribution >= 0.6 is 0 Å². The third-order valence-electron chi connectivity index (χ3n) is 4.47. The molecule has 1 saturated heterocycles. The molecule has 0 bridgehead atoms. The topological polar surface area (TPSA) is 39.7 Å². The summed E-state index contributed by atoms with van der Waals surface area (Å²) in [7, 11) is 1.84. The Morgan fingerprint density at radius 1 is 1.19 bits per heavy atom. The quantitative estimate of drug-likeness (QED) is 0.641. The van der Waals surface area contributed by atoms with Crippen LogP contribution in [0.2, 0.25) is 0 Å². The van der Waals surface area contributed by atoms with Crippen molar-refractivity contribution >= 4 is 5.96 Å². The van der Waals surface area contributed by atoms with E-state index >= 15 is 0 Å². The van der Waals surface area contributed by atoms with Crippen molar-refractivity contribution in [2.75, 3.05) is 26.7 Å². The lowest BCUT2D eigenvalue weighted by Crippen LogP contribution is -2.40. The SMILES string of the molecule is CN=C(NCc1ccccc1)NCC1CCN(C2CC2)C1. The first-order valence-electron chi connectivity index (χ1n) is 8.07. The maximum absolute atomic E-state index is 4.31. The summed E-state index contributed by atoms with van der Waals surface area (Å²) >= 11 is 0. The molecule has 1 aliphatic heterocycles. The van der Waals surface area contributed by atoms with Gasteiger partial charge in [0.25, 0.3) is 0 Å². The summed E-state index contributed by atoms with van der Waals surface area (Å²) in [6.45, 7) is 4.39. The zero-order valence-electron chi connectivity index (χ0n) is 12.9. The minimum atomic E-state index is 0.765. The molecule has 1 aromatic rings. The van der Waals surface area contributed by atoms with Gasteiger partial charge < -0.3 is 15.5 Å². The molecule has 1 unspecified atom stereocenters. The number of aliphatic imine (C=N–C) groups is 1. The van der Waals surface area contributed by atoms with Gasteiger partial charge in [-0.15, -0.1) is 0 Å². The molecule has 114 valence electrons. The van der Waals surface area contributed by atoms with Gasteiger partial charge in [0.15, 0.2) is 5.96 Å². The number of rotatable bonds is 5. The second-order valence-corrected chi connectivity index (χ2v) is 6.17. The van der Waals surface area contributed by atoms with E-state index in [4.69, 9.17) is 0 Å². The Labute approximate surface area is 127 Å². The van der Waals surface area contributed by atoms with E-state index in [1.54, 1.807) is 0 Å². The highest BCUT2D eigenvalue weighted by Gasteiger charge is 2.34. The first-order valence-corrected chi connectivity index (χ1v) is 8.07. The van der Waals surface area contributed by atoms with Crippen LogP contribution in [0.25, 0.3) is 0 Å². The number of guanidine groups is 1. The highest BCUT2D eigenvalue weighted by Crippen LogP contribution is 2.31. The third kappa shape index (κ3) is 4.21. The highest BCUT2D eigenvalue weighted by atomic mass is 15.2. The zero-order chi connectivity index (χ0) is 14.5. The Morgan fingerprint density at radius 2 is 2.00 bits per heavy atom. The van der Waals surface area contributed by atoms with Gasteiger partial charge in [0.2, 0.25) is 0 Å². The average molecular weight is 286 g/mol. The van der Waals surface area contributed by atoms with E-state index in [1.807, 2.05) is 13.1 Å². The zero-order valence-corrected chi connectivity index (χ0v) is 12.9. The summed E-state index contributed by atoms with van der Waals surface area (Å²) in [6, 6.07) is 11.3. The molecule has 0 amide bonds. The summed E-state index contributed by atoms with van der Waals surface area (Å²) in [5, 5.41) is 6.85. The van der Waals surface area contributed by atoms with Gasteiger partial charge >= 0.3 is 0 Å². The maximum Gasteiger partial charge on any atom is 0.191 e. The van der Waals surface area contributed by atoms with Crippen LogP contribution in [0.15, 0.2) is 35.3 Å². The van der Waals surface area contributed by atoms with Crippen molar-refractivity contribution in [3.8, 4) is 0 Å². The van der Waals surface area contributed by atoms with Crippen molar-refractivity contribution in [3.63, 3.8) is 0 Å².